The van der Waals surface area contributed by atoms with Crippen molar-refractivity contribution >= 4 is 0 Å². The summed E-state index contributed by atoms with van der Waals surface area (Å²) in [6, 6.07) is 3.93. The molecule has 0 aromatic carbocycles. The van der Waals surface area contributed by atoms with E-state index in [9.17, 15) is 0 Å². The third-order valence-corrected chi connectivity index (χ3v) is 3.74. The third-order valence-electron chi connectivity index (χ3n) is 3.74. The Labute approximate surface area is 103 Å². The van der Waals surface area contributed by atoms with E-state index in [0.29, 0.717) is 0 Å². The zero-order valence-electron chi connectivity index (χ0n) is 10.6. The van der Waals surface area contributed by atoms with Gasteiger partial charge in [0.05, 0.1) is 11.6 Å². The Morgan fingerprint density at radius 3 is 2.76 bits per heavy atom. The van der Waals surface area contributed by atoms with Gasteiger partial charge in [0.15, 0.2) is 0 Å². The quantitative estimate of drug-likeness (QED) is 0.871. The van der Waals surface area contributed by atoms with Crippen LogP contribution in [-0.2, 0) is 4.74 Å². The molecule has 1 aliphatic rings. The molecule has 1 saturated carbocycles. The van der Waals surface area contributed by atoms with Crippen LogP contribution in [-0.4, -0.2) is 17.2 Å². The molecule has 1 unspecified atom stereocenters. The summed E-state index contributed by atoms with van der Waals surface area (Å²) < 4.78 is 6.03. The van der Waals surface area contributed by atoms with Gasteiger partial charge in [-0.25, -0.2) is 0 Å². The smallest absolute Gasteiger partial charge is 0.0874 e. The molecule has 1 aromatic rings. The van der Waals surface area contributed by atoms with E-state index in [-0.39, 0.29) is 11.6 Å². The molecule has 3 heteroatoms. The van der Waals surface area contributed by atoms with Gasteiger partial charge in [0, 0.05) is 19.0 Å². The lowest BCUT2D eigenvalue weighted by Crippen LogP contribution is -2.45. The third kappa shape index (κ3) is 2.67. The number of pyridine rings is 1. The molecule has 0 amide bonds. The first-order valence-corrected chi connectivity index (χ1v) is 6.58. The standard InChI is InChI=1S/C14H22N2O/c1-2-17-14(8-4-3-5-9-14)13(15)12-7-6-10-16-11-12/h6-7,10-11,13H,2-5,8-9,15H2,1H3. The fourth-order valence-electron chi connectivity index (χ4n) is 2.85. The second-order valence-electron chi connectivity index (χ2n) is 4.82. The van der Waals surface area contributed by atoms with Crippen LogP contribution in [0.1, 0.15) is 50.6 Å². The van der Waals surface area contributed by atoms with Crippen molar-refractivity contribution in [2.45, 2.75) is 50.7 Å². The van der Waals surface area contributed by atoms with Crippen LogP contribution in [0.3, 0.4) is 0 Å². The summed E-state index contributed by atoms with van der Waals surface area (Å²) in [7, 11) is 0. The van der Waals surface area contributed by atoms with Gasteiger partial charge in [0.1, 0.15) is 0 Å². The van der Waals surface area contributed by atoms with Crippen molar-refractivity contribution in [2.75, 3.05) is 6.61 Å². The number of hydrogen-bond acceptors (Lipinski definition) is 3. The fraction of sp³-hybridized carbons (Fsp3) is 0.643. The van der Waals surface area contributed by atoms with Gasteiger partial charge in [-0.1, -0.05) is 25.3 Å². The van der Waals surface area contributed by atoms with Crippen molar-refractivity contribution in [3.8, 4) is 0 Å². The minimum atomic E-state index is -0.171. The molecule has 0 spiro atoms. The maximum atomic E-state index is 6.43. The highest BCUT2D eigenvalue weighted by molar-refractivity contribution is 5.18. The van der Waals surface area contributed by atoms with Gasteiger partial charge < -0.3 is 10.5 Å². The molecule has 0 aliphatic heterocycles. The van der Waals surface area contributed by atoms with Crippen LogP contribution in [0, 0.1) is 0 Å². The molecule has 94 valence electrons. The highest BCUT2D eigenvalue weighted by Crippen LogP contribution is 2.39. The highest BCUT2D eigenvalue weighted by Gasteiger charge is 2.39. The summed E-state index contributed by atoms with van der Waals surface area (Å²) in [4.78, 5) is 4.16. The minimum Gasteiger partial charge on any atom is -0.373 e. The molecule has 1 aromatic heterocycles. The maximum absolute atomic E-state index is 6.43. The molecule has 0 radical (unpaired) electrons. The van der Waals surface area contributed by atoms with Crippen molar-refractivity contribution in [1.29, 1.82) is 0 Å². The summed E-state index contributed by atoms with van der Waals surface area (Å²) in [5.74, 6) is 0. The lowest BCUT2D eigenvalue weighted by molar-refractivity contribution is -0.0831. The number of ether oxygens (including phenoxy) is 1. The molecule has 17 heavy (non-hydrogen) atoms. The number of aromatic nitrogens is 1. The van der Waals surface area contributed by atoms with Gasteiger partial charge in [-0.2, -0.15) is 0 Å². The van der Waals surface area contributed by atoms with Crippen molar-refractivity contribution in [1.82, 2.24) is 4.98 Å². The average molecular weight is 234 g/mol. The molecule has 0 bridgehead atoms. The minimum absolute atomic E-state index is 0.0588. The first-order valence-electron chi connectivity index (χ1n) is 6.58. The largest absolute Gasteiger partial charge is 0.373 e. The van der Waals surface area contributed by atoms with Crippen LogP contribution in [0.15, 0.2) is 24.5 Å². The van der Waals surface area contributed by atoms with Crippen LogP contribution in [0.2, 0.25) is 0 Å². The zero-order valence-corrected chi connectivity index (χ0v) is 10.6. The summed E-state index contributed by atoms with van der Waals surface area (Å²) in [6.45, 7) is 2.78. The Balaban J connectivity index is 2.20. The molecule has 1 atom stereocenters. The molecule has 0 saturated heterocycles. The first-order chi connectivity index (χ1) is 8.28. The first kappa shape index (κ1) is 12.5. The zero-order chi connectivity index (χ0) is 12.1. The van der Waals surface area contributed by atoms with E-state index in [1.54, 1.807) is 6.20 Å². The number of hydrogen-bond donors (Lipinski definition) is 1. The number of nitrogens with zero attached hydrogens (tertiary/aromatic N) is 1. The molecule has 2 N–H and O–H groups in total. The van der Waals surface area contributed by atoms with E-state index in [1.807, 2.05) is 25.3 Å². The second-order valence-corrected chi connectivity index (χ2v) is 4.82. The Hall–Kier alpha value is -0.930. The Morgan fingerprint density at radius 2 is 2.18 bits per heavy atom. The summed E-state index contributed by atoms with van der Waals surface area (Å²) >= 11 is 0. The molecule has 1 fully saturated rings. The van der Waals surface area contributed by atoms with E-state index in [0.717, 1.165) is 25.0 Å². The molecular weight excluding hydrogens is 212 g/mol. The monoisotopic (exact) mass is 234 g/mol. The normalized spacial score (nSPS) is 21.1. The Kier molecular flexibility index (Phi) is 4.13. The lowest BCUT2D eigenvalue weighted by atomic mass is 9.77. The Morgan fingerprint density at radius 1 is 1.41 bits per heavy atom. The van der Waals surface area contributed by atoms with E-state index < -0.39 is 0 Å². The van der Waals surface area contributed by atoms with Crippen LogP contribution in [0.4, 0.5) is 0 Å². The molecule has 1 aliphatic carbocycles. The number of rotatable bonds is 4. The van der Waals surface area contributed by atoms with E-state index in [4.69, 9.17) is 10.5 Å². The van der Waals surface area contributed by atoms with E-state index >= 15 is 0 Å². The molecule has 2 rings (SSSR count). The van der Waals surface area contributed by atoms with Crippen molar-refractivity contribution in [3.05, 3.63) is 30.1 Å². The predicted octanol–water partition coefficient (Wildman–Crippen LogP) is 2.82. The fourth-order valence-corrected chi connectivity index (χ4v) is 2.85. The van der Waals surface area contributed by atoms with Gasteiger partial charge in [0.2, 0.25) is 0 Å². The number of nitrogens with two attached hydrogens (primary N) is 1. The molecule has 1 heterocycles. The van der Waals surface area contributed by atoms with Crippen molar-refractivity contribution < 1.29 is 4.74 Å². The van der Waals surface area contributed by atoms with E-state index in [1.165, 1.54) is 19.3 Å². The summed E-state index contributed by atoms with van der Waals surface area (Å²) in [5.41, 5.74) is 7.34. The van der Waals surface area contributed by atoms with Crippen LogP contribution >= 0.6 is 0 Å². The molecule has 3 nitrogen and oxygen atoms in total. The van der Waals surface area contributed by atoms with Crippen LogP contribution < -0.4 is 5.73 Å². The SMILES string of the molecule is CCOC1(C(N)c2cccnc2)CCCCC1. The van der Waals surface area contributed by atoms with Crippen molar-refractivity contribution in [2.24, 2.45) is 5.73 Å². The lowest BCUT2D eigenvalue weighted by Gasteiger charge is -2.41. The topological polar surface area (TPSA) is 48.1 Å². The van der Waals surface area contributed by atoms with E-state index in [2.05, 4.69) is 4.98 Å². The summed E-state index contributed by atoms with van der Waals surface area (Å²) in [5, 5.41) is 0. The van der Waals surface area contributed by atoms with Gasteiger partial charge in [-0.15, -0.1) is 0 Å². The highest BCUT2D eigenvalue weighted by atomic mass is 16.5. The van der Waals surface area contributed by atoms with Crippen LogP contribution in [0.5, 0.6) is 0 Å². The maximum Gasteiger partial charge on any atom is 0.0874 e. The second kappa shape index (κ2) is 5.61. The van der Waals surface area contributed by atoms with Gasteiger partial charge >= 0.3 is 0 Å². The van der Waals surface area contributed by atoms with Gasteiger partial charge in [0.25, 0.3) is 0 Å². The van der Waals surface area contributed by atoms with Gasteiger partial charge in [-0.3, -0.25) is 4.98 Å². The molecular formula is C14H22N2O. The Bertz CT molecular complexity index is 328. The average Bonchev–Trinajstić information content (AvgIpc) is 2.40. The summed E-state index contributed by atoms with van der Waals surface area (Å²) in [6.07, 6.45) is 9.51. The van der Waals surface area contributed by atoms with Crippen LogP contribution in [0.25, 0.3) is 0 Å². The van der Waals surface area contributed by atoms with Crippen molar-refractivity contribution in [3.63, 3.8) is 0 Å². The predicted molar refractivity (Wildman–Crippen MR) is 68.6 cm³/mol. The van der Waals surface area contributed by atoms with Gasteiger partial charge in [-0.05, 0) is 31.4 Å².